The summed E-state index contributed by atoms with van der Waals surface area (Å²) < 4.78 is 7.13. The van der Waals surface area contributed by atoms with E-state index < -0.39 is 11.7 Å². The first-order chi connectivity index (χ1) is 9.39. The minimum Gasteiger partial charge on any atom is -0.444 e. The molecule has 2 aromatic heterocycles. The lowest BCUT2D eigenvalue weighted by Gasteiger charge is -2.19. The lowest BCUT2D eigenvalue weighted by atomic mass is 10.2. The number of fused-ring (bicyclic) bond motifs is 1. The van der Waals surface area contributed by atoms with Crippen molar-refractivity contribution in [3.8, 4) is 0 Å². The van der Waals surface area contributed by atoms with E-state index in [0.717, 1.165) is 23.5 Å². The van der Waals surface area contributed by atoms with Crippen LogP contribution in [0.2, 0.25) is 0 Å². The van der Waals surface area contributed by atoms with E-state index in [-0.39, 0.29) is 0 Å². The van der Waals surface area contributed by atoms with E-state index in [1.165, 1.54) is 0 Å². The summed E-state index contributed by atoms with van der Waals surface area (Å²) in [5.41, 5.74) is 1.29. The van der Waals surface area contributed by atoms with Gasteiger partial charge in [0.2, 0.25) is 0 Å². The summed E-state index contributed by atoms with van der Waals surface area (Å²) in [4.78, 5) is 11.6. The average molecular weight is 276 g/mol. The second kappa shape index (κ2) is 5.48. The zero-order valence-electron chi connectivity index (χ0n) is 12.3. The van der Waals surface area contributed by atoms with Crippen molar-refractivity contribution in [3.05, 3.63) is 29.7 Å². The number of nitrogens with zero attached hydrogens (tertiary/aromatic N) is 3. The molecule has 0 bridgehead atoms. The van der Waals surface area contributed by atoms with Crippen LogP contribution in [0.3, 0.4) is 0 Å². The monoisotopic (exact) mass is 276 g/mol. The van der Waals surface area contributed by atoms with Crippen LogP contribution >= 0.6 is 0 Å². The number of hydrogen-bond acceptors (Lipinski definition) is 4. The van der Waals surface area contributed by atoms with Crippen LogP contribution in [0.5, 0.6) is 0 Å². The summed E-state index contributed by atoms with van der Waals surface area (Å²) in [5.74, 6) is 0.902. The maximum Gasteiger partial charge on any atom is 0.407 e. The summed E-state index contributed by atoms with van der Waals surface area (Å²) in [6, 6.07) is 3.80. The smallest absolute Gasteiger partial charge is 0.407 e. The number of rotatable bonds is 3. The Bertz CT molecular complexity index is 613. The van der Waals surface area contributed by atoms with Crippen LogP contribution < -0.4 is 5.32 Å². The van der Waals surface area contributed by atoms with E-state index in [1.54, 1.807) is 0 Å². The predicted molar refractivity (Wildman–Crippen MR) is 75.4 cm³/mol. The quantitative estimate of drug-likeness (QED) is 0.934. The molecule has 6 heteroatoms. The second-order valence-corrected chi connectivity index (χ2v) is 5.59. The number of pyridine rings is 1. The van der Waals surface area contributed by atoms with Crippen molar-refractivity contribution >= 4 is 11.7 Å². The zero-order valence-corrected chi connectivity index (χ0v) is 12.3. The van der Waals surface area contributed by atoms with Crippen LogP contribution in [-0.2, 0) is 17.7 Å². The first-order valence-electron chi connectivity index (χ1n) is 6.68. The van der Waals surface area contributed by atoms with Gasteiger partial charge in [-0.25, -0.2) is 4.79 Å². The van der Waals surface area contributed by atoms with Crippen LogP contribution in [-0.4, -0.2) is 26.3 Å². The van der Waals surface area contributed by atoms with Gasteiger partial charge in [0, 0.05) is 19.2 Å². The number of ether oxygens (including phenoxy) is 1. The molecule has 0 aliphatic rings. The van der Waals surface area contributed by atoms with Crippen LogP contribution in [0.25, 0.3) is 5.65 Å². The molecule has 0 saturated carbocycles. The summed E-state index contributed by atoms with van der Waals surface area (Å²) >= 11 is 0. The molecule has 1 amide bonds. The summed E-state index contributed by atoms with van der Waals surface area (Å²) in [6.45, 7) is 7.95. The molecular weight excluding hydrogens is 256 g/mol. The molecule has 6 nitrogen and oxygen atoms in total. The number of hydrogen-bond donors (Lipinski definition) is 1. The van der Waals surface area contributed by atoms with Gasteiger partial charge in [-0.15, -0.1) is 10.2 Å². The Morgan fingerprint density at radius 2 is 2.10 bits per heavy atom. The lowest BCUT2D eigenvalue weighted by Crippen LogP contribution is -2.32. The summed E-state index contributed by atoms with van der Waals surface area (Å²) in [7, 11) is 0. The number of carbonyl (C=O) groups is 1. The van der Waals surface area contributed by atoms with Gasteiger partial charge in [0.05, 0.1) is 0 Å². The standard InChI is InChI=1S/C14H20N4O2/c1-5-11-16-17-12-7-6-10(9-18(11)12)8-15-13(19)20-14(2,3)4/h6-7,9H,5,8H2,1-4H3,(H,15,19). The zero-order chi connectivity index (χ0) is 14.8. The molecule has 0 fully saturated rings. The number of carbonyl (C=O) groups excluding carboxylic acids is 1. The number of aromatic nitrogens is 3. The number of alkyl carbamates (subject to hydrolysis) is 1. The Kier molecular flexibility index (Phi) is 3.92. The molecule has 0 aliphatic carbocycles. The molecule has 0 aliphatic heterocycles. The third kappa shape index (κ3) is 3.46. The van der Waals surface area contributed by atoms with Crippen LogP contribution in [0, 0.1) is 0 Å². The third-order valence-corrected chi connectivity index (χ3v) is 2.69. The molecule has 20 heavy (non-hydrogen) atoms. The van der Waals surface area contributed by atoms with E-state index in [9.17, 15) is 4.79 Å². The van der Waals surface area contributed by atoms with Crippen molar-refractivity contribution in [3.63, 3.8) is 0 Å². The highest BCUT2D eigenvalue weighted by molar-refractivity contribution is 5.67. The Morgan fingerprint density at radius 1 is 1.35 bits per heavy atom. The average Bonchev–Trinajstić information content (AvgIpc) is 2.76. The van der Waals surface area contributed by atoms with Gasteiger partial charge >= 0.3 is 6.09 Å². The number of nitrogens with one attached hydrogen (secondary N) is 1. The van der Waals surface area contributed by atoms with Crippen molar-refractivity contribution in [2.75, 3.05) is 0 Å². The van der Waals surface area contributed by atoms with E-state index in [1.807, 2.05) is 50.4 Å². The van der Waals surface area contributed by atoms with E-state index in [2.05, 4.69) is 15.5 Å². The van der Waals surface area contributed by atoms with E-state index in [4.69, 9.17) is 4.74 Å². The highest BCUT2D eigenvalue weighted by Gasteiger charge is 2.15. The molecule has 0 spiro atoms. The maximum atomic E-state index is 11.6. The Morgan fingerprint density at radius 3 is 2.75 bits per heavy atom. The normalized spacial score (nSPS) is 11.6. The Labute approximate surface area is 118 Å². The molecule has 2 aromatic rings. The number of amides is 1. The maximum absolute atomic E-state index is 11.6. The molecule has 0 saturated heterocycles. The van der Waals surface area contributed by atoms with Gasteiger partial charge in [0.25, 0.3) is 0 Å². The molecule has 2 rings (SSSR count). The van der Waals surface area contributed by atoms with Crippen molar-refractivity contribution < 1.29 is 9.53 Å². The molecule has 0 aromatic carbocycles. The van der Waals surface area contributed by atoms with Crippen LogP contribution in [0.1, 0.15) is 39.1 Å². The number of aryl methyl sites for hydroxylation is 1. The van der Waals surface area contributed by atoms with Gasteiger partial charge in [-0.2, -0.15) is 0 Å². The van der Waals surface area contributed by atoms with Crippen LogP contribution in [0.4, 0.5) is 4.79 Å². The fraction of sp³-hybridized carbons (Fsp3) is 0.500. The second-order valence-electron chi connectivity index (χ2n) is 5.59. The van der Waals surface area contributed by atoms with Crippen molar-refractivity contribution in [2.45, 2.75) is 46.3 Å². The van der Waals surface area contributed by atoms with Gasteiger partial charge in [-0.3, -0.25) is 4.40 Å². The molecule has 0 atom stereocenters. The minimum absolute atomic E-state index is 0.409. The summed E-state index contributed by atoms with van der Waals surface area (Å²) in [6.07, 6.45) is 2.33. The summed E-state index contributed by atoms with van der Waals surface area (Å²) in [5, 5.41) is 10.9. The largest absolute Gasteiger partial charge is 0.444 e. The topological polar surface area (TPSA) is 68.5 Å². The van der Waals surface area contributed by atoms with E-state index in [0.29, 0.717) is 6.54 Å². The molecule has 1 N–H and O–H groups in total. The fourth-order valence-electron chi connectivity index (χ4n) is 1.82. The SMILES string of the molecule is CCc1nnc2ccc(CNC(=O)OC(C)(C)C)cn12. The van der Waals surface area contributed by atoms with Crippen LogP contribution in [0.15, 0.2) is 18.3 Å². The third-order valence-electron chi connectivity index (χ3n) is 2.69. The molecule has 0 radical (unpaired) electrons. The van der Waals surface area contributed by atoms with Crippen molar-refractivity contribution in [1.82, 2.24) is 19.9 Å². The van der Waals surface area contributed by atoms with Gasteiger partial charge < -0.3 is 10.1 Å². The first-order valence-corrected chi connectivity index (χ1v) is 6.68. The van der Waals surface area contributed by atoms with Gasteiger partial charge in [-0.05, 0) is 32.4 Å². The minimum atomic E-state index is -0.488. The molecule has 0 unspecified atom stereocenters. The Balaban J connectivity index is 2.05. The van der Waals surface area contributed by atoms with Gasteiger partial charge in [0.15, 0.2) is 5.65 Å². The lowest BCUT2D eigenvalue weighted by molar-refractivity contribution is 0.0523. The first kappa shape index (κ1) is 14.3. The van der Waals surface area contributed by atoms with Gasteiger partial charge in [-0.1, -0.05) is 13.0 Å². The fourth-order valence-corrected chi connectivity index (χ4v) is 1.82. The highest BCUT2D eigenvalue weighted by Crippen LogP contribution is 2.09. The Hall–Kier alpha value is -2.11. The van der Waals surface area contributed by atoms with Gasteiger partial charge in [0.1, 0.15) is 11.4 Å². The van der Waals surface area contributed by atoms with Crippen molar-refractivity contribution in [1.29, 1.82) is 0 Å². The molecule has 2 heterocycles. The molecular formula is C14H20N4O2. The highest BCUT2D eigenvalue weighted by atomic mass is 16.6. The van der Waals surface area contributed by atoms with E-state index >= 15 is 0 Å². The molecule has 108 valence electrons. The van der Waals surface area contributed by atoms with Crippen molar-refractivity contribution in [2.24, 2.45) is 0 Å². The predicted octanol–water partition coefficient (Wildman–Crippen LogP) is 2.32.